The first kappa shape index (κ1) is 17.9. The number of ether oxygens (including phenoxy) is 5. The van der Waals surface area contributed by atoms with E-state index in [1.807, 2.05) is 5.32 Å². The van der Waals surface area contributed by atoms with E-state index < -0.39 is 54.3 Å². The van der Waals surface area contributed by atoms with Crippen molar-refractivity contribution in [1.29, 1.82) is 0 Å². The Morgan fingerprint density at radius 2 is 1.71 bits per heavy atom. The van der Waals surface area contributed by atoms with Crippen molar-refractivity contribution in [1.82, 2.24) is 5.32 Å². The predicted octanol–water partition coefficient (Wildman–Crippen LogP) is 1.06. The Balaban J connectivity index is 1.79. The van der Waals surface area contributed by atoms with E-state index in [9.17, 15) is 18.0 Å². The summed E-state index contributed by atoms with van der Waals surface area (Å²) >= 11 is 0. The molecule has 138 valence electrons. The molecule has 3 aliphatic heterocycles. The Labute approximate surface area is 136 Å². The van der Waals surface area contributed by atoms with Crippen molar-refractivity contribution in [2.24, 2.45) is 0 Å². The Bertz CT molecular complexity index is 523. The third-order valence-electron chi connectivity index (χ3n) is 4.04. The molecule has 1 amide bonds. The molecule has 10 heteroatoms. The lowest BCUT2D eigenvalue weighted by atomic mass is 10.0. The first-order chi connectivity index (χ1) is 10.9. The Kier molecular flexibility index (Phi) is 4.12. The monoisotopic (exact) mass is 355 g/mol. The zero-order valence-electron chi connectivity index (χ0n) is 13.7. The van der Waals surface area contributed by atoms with Gasteiger partial charge in [-0.05, 0) is 27.7 Å². The summed E-state index contributed by atoms with van der Waals surface area (Å²) in [4.78, 5) is 11.4. The smallest absolute Gasteiger partial charge is 0.348 e. The molecule has 24 heavy (non-hydrogen) atoms. The molecule has 0 unspecified atom stereocenters. The average molecular weight is 355 g/mol. The lowest BCUT2D eigenvalue weighted by Crippen LogP contribution is -2.55. The predicted molar refractivity (Wildman–Crippen MR) is 71.6 cm³/mol. The summed E-state index contributed by atoms with van der Waals surface area (Å²) in [5.74, 6) is -3.97. The van der Waals surface area contributed by atoms with Crippen LogP contribution in [0, 0.1) is 0 Å². The highest BCUT2D eigenvalue weighted by atomic mass is 19.4. The number of rotatable bonds is 2. The van der Waals surface area contributed by atoms with Crippen molar-refractivity contribution >= 4 is 5.91 Å². The number of hydrogen-bond acceptors (Lipinski definition) is 6. The van der Waals surface area contributed by atoms with Crippen LogP contribution >= 0.6 is 0 Å². The molecule has 5 atom stereocenters. The maximum Gasteiger partial charge on any atom is 0.471 e. The zero-order chi connectivity index (χ0) is 17.9. The lowest BCUT2D eigenvalue weighted by Gasteiger charge is -2.29. The highest BCUT2D eigenvalue weighted by Gasteiger charge is 2.59. The van der Waals surface area contributed by atoms with Gasteiger partial charge < -0.3 is 29.0 Å². The van der Waals surface area contributed by atoms with Crippen molar-refractivity contribution in [2.45, 2.75) is 76.1 Å². The van der Waals surface area contributed by atoms with E-state index in [1.165, 1.54) is 0 Å². The van der Waals surface area contributed by atoms with Gasteiger partial charge in [-0.15, -0.1) is 0 Å². The normalized spacial score (nSPS) is 40.5. The van der Waals surface area contributed by atoms with Gasteiger partial charge in [0.1, 0.15) is 18.3 Å². The number of nitrogens with one attached hydrogen (secondary N) is 1. The van der Waals surface area contributed by atoms with Crippen LogP contribution in [-0.2, 0) is 28.5 Å². The molecule has 0 aromatic rings. The molecule has 0 spiro atoms. The maximum absolute atomic E-state index is 12.6. The molecule has 0 aromatic heterocycles. The van der Waals surface area contributed by atoms with E-state index >= 15 is 0 Å². The minimum absolute atomic E-state index is 0.124. The second kappa shape index (κ2) is 5.53. The molecule has 1 N–H and O–H groups in total. The summed E-state index contributed by atoms with van der Waals surface area (Å²) in [5.41, 5.74) is 0. The van der Waals surface area contributed by atoms with Gasteiger partial charge in [-0.2, -0.15) is 13.2 Å². The quantitative estimate of drug-likeness (QED) is 0.798. The van der Waals surface area contributed by atoms with Gasteiger partial charge in [0, 0.05) is 0 Å². The number of carbonyl (C=O) groups is 1. The molecule has 3 aliphatic rings. The van der Waals surface area contributed by atoms with Crippen LogP contribution in [0.4, 0.5) is 13.2 Å². The minimum atomic E-state index is -5.01. The van der Waals surface area contributed by atoms with Crippen molar-refractivity contribution < 1.29 is 41.7 Å². The van der Waals surface area contributed by atoms with Gasteiger partial charge in [-0.3, -0.25) is 4.79 Å². The van der Waals surface area contributed by atoms with Crippen molar-refractivity contribution in [3.8, 4) is 0 Å². The van der Waals surface area contributed by atoms with Crippen LogP contribution in [0.2, 0.25) is 0 Å². The Morgan fingerprint density at radius 1 is 1.04 bits per heavy atom. The van der Waals surface area contributed by atoms with Crippen LogP contribution in [0.5, 0.6) is 0 Å². The highest BCUT2D eigenvalue weighted by Crippen LogP contribution is 2.41. The molecular weight excluding hydrogens is 335 g/mol. The number of fused-ring (bicyclic) bond motifs is 1. The fourth-order valence-electron chi connectivity index (χ4n) is 3.13. The van der Waals surface area contributed by atoms with E-state index in [4.69, 9.17) is 23.7 Å². The van der Waals surface area contributed by atoms with Crippen LogP contribution in [0.3, 0.4) is 0 Å². The van der Waals surface area contributed by atoms with Crippen LogP contribution in [-0.4, -0.2) is 60.9 Å². The summed E-state index contributed by atoms with van der Waals surface area (Å²) in [7, 11) is 0. The molecule has 0 bridgehead atoms. The molecule has 3 heterocycles. The van der Waals surface area contributed by atoms with E-state index in [0.29, 0.717) is 0 Å². The molecule has 3 rings (SSSR count). The van der Waals surface area contributed by atoms with Gasteiger partial charge in [0.25, 0.3) is 0 Å². The van der Waals surface area contributed by atoms with Gasteiger partial charge in [-0.25, -0.2) is 0 Å². The van der Waals surface area contributed by atoms with E-state index in [-0.39, 0.29) is 6.61 Å². The summed E-state index contributed by atoms with van der Waals surface area (Å²) in [5, 5.41) is 1.95. The molecule has 7 nitrogen and oxygen atoms in total. The van der Waals surface area contributed by atoms with Gasteiger partial charge in [0.05, 0.1) is 12.6 Å². The first-order valence-electron chi connectivity index (χ1n) is 7.59. The SMILES string of the molecule is CC1(C)O[C@H]2O[C@H]([C@H]3COC(C)(C)O3)[C@@H](NC(=O)C(F)(F)F)[C@H]2O1. The third kappa shape index (κ3) is 3.38. The number of halogens is 3. The largest absolute Gasteiger partial charge is 0.471 e. The molecule has 0 aromatic carbocycles. The number of alkyl halides is 3. The van der Waals surface area contributed by atoms with Gasteiger partial charge in [-0.1, -0.05) is 0 Å². The topological polar surface area (TPSA) is 75.3 Å². The highest BCUT2D eigenvalue weighted by molar-refractivity contribution is 5.82. The molecular formula is C14H20F3NO6. The van der Waals surface area contributed by atoms with Gasteiger partial charge in [0.2, 0.25) is 0 Å². The summed E-state index contributed by atoms with van der Waals surface area (Å²) < 4.78 is 65.9. The van der Waals surface area contributed by atoms with Crippen LogP contribution in [0.15, 0.2) is 0 Å². The van der Waals surface area contributed by atoms with Crippen molar-refractivity contribution in [3.05, 3.63) is 0 Å². The third-order valence-corrected chi connectivity index (χ3v) is 4.04. The van der Waals surface area contributed by atoms with Crippen LogP contribution < -0.4 is 5.32 Å². The summed E-state index contributed by atoms with van der Waals surface area (Å²) in [6.07, 6.45) is -8.31. The van der Waals surface area contributed by atoms with Gasteiger partial charge in [0.15, 0.2) is 17.9 Å². The second-order valence-corrected chi connectivity index (χ2v) is 6.93. The Hall–Kier alpha value is -0.940. The standard InChI is InChI=1S/C14H20F3NO6/c1-12(2)20-5-6(22-12)8-7(18-11(19)14(15,16)17)9-10(21-8)24-13(3,4)23-9/h6-10H,5H2,1-4H3,(H,18,19)/t6-,7-,8-,9-,10-/m1/s1. The number of hydrogen-bond donors (Lipinski definition) is 1. The Morgan fingerprint density at radius 3 is 2.25 bits per heavy atom. The van der Waals surface area contributed by atoms with Crippen molar-refractivity contribution in [2.75, 3.05) is 6.61 Å². The first-order valence-corrected chi connectivity index (χ1v) is 7.59. The van der Waals surface area contributed by atoms with Crippen molar-refractivity contribution in [3.63, 3.8) is 0 Å². The minimum Gasteiger partial charge on any atom is -0.348 e. The van der Waals surface area contributed by atoms with E-state index in [1.54, 1.807) is 27.7 Å². The lowest BCUT2D eigenvalue weighted by molar-refractivity contribution is -0.224. The summed E-state index contributed by atoms with van der Waals surface area (Å²) in [6.45, 7) is 6.72. The molecule has 3 saturated heterocycles. The molecule has 0 radical (unpaired) electrons. The number of carbonyl (C=O) groups excluding carboxylic acids is 1. The number of amides is 1. The summed E-state index contributed by atoms with van der Waals surface area (Å²) in [6, 6.07) is -1.08. The van der Waals surface area contributed by atoms with Crippen LogP contribution in [0.25, 0.3) is 0 Å². The van der Waals surface area contributed by atoms with Gasteiger partial charge >= 0.3 is 12.1 Å². The molecule has 0 aliphatic carbocycles. The maximum atomic E-state index is 12.6. The fourth-order valence-corrected chi connectivity index (χ4v) is 3.13. The van der Waals surface area contributed by atoms with Crippen LogP contribution in [0.1, 0.15) is 27.7 Å². The molecule has 0 saturated carbocycles. The zero-order valence-corrected chi connectivity index (χ0v) is 13.7. The average Bonchev–Trinajstić information content (AvgIpc) is 3.00. The van der Waals surface area contributed by atoms with E-state index in [2.05, 4.69) is 0 Å². The second-order valence-electron chi connectivity index (χ2n) is 6.93. The fraction of sp³-hybridized carbons (Fsp3) is 0.929. The van der Waals surface area contributed by atoms with E-state index in [0.717, 1.165) is 0 Å². The molecule has 3 fully saturated rings.